The molecule has 1 atom stereocenters. The van der Waals surface area contributed by atoms with Gasteiger partial charge in [-0.15, -0.1) is 11.8 Å². The molecule has 1 aromatic heterocycles. The molecule has 0 spiro atoms. The van der Waals surface area contributed by atoms with E-state index in [1.807, 2.05) is 29.7 Å². The predicted molar refractivity (Wildman–Crippen MR) is 86.2 cm³/mol. The van der Waals surface area contributed by atoms with Crippen molar-refractivity contribution in [3.63, 3.8) is 0 Å². The molecule has 1 unspecified atom stereocenters. The lowest BCUT2D eigenvalue weighted by Gasteiger charge is -2.17. The molecule has 0 bridgehead atoms. The van der Waals surface area contributed by atoms with E-state index in [9.17, 15) is 0 Å². The third kappa shape index (κ3) is 4.69. The monoisotopic (exact) mass is 289 g/mol. The Kier molecular flexibility index (Phi) is 6.15. The Hall–Kier alpha value is -1.26. The number of hydrogen-bond donors (Lipinski definition) is 1. The van der Waals surface area contributed by atoms with Gasteiger partial charge in [-0.25, -0.2) is 0 Å². The summed E-state index contributed by atoms with van der Waals surface area (Å²) in [6.07, 6.45) is 4.09. The fraction of sp³-hybridized carbons (Fsp3) is 0.438. The highest BCUT2D eigenvalue weighted by atomic mass is 32.2. The summed E-state index contributed by atoms with van der Waals surface area (Å²) < 4.78 is 1.97. The minimum absolute atomic E-state index is 0.542. The lowest BCUT2D eigenvalue weighted by Crippen LogP contribution is -2.31. The van der Waals surface area contributed by atoms with E-state index in [4.69, 9.17) is 0 Å². The second kappa shape index (κ2) is 8.12. The molecule has 0 saturated carbocycles. The Labute approximate surface area is 125 Å². The van der Waals surface area contributed by atoms with Gasteiger partial charge in [0, 0.05) is 35.6 Å². The molecule has 1 aromatic carbocycles. The fourth-order valence-corrected chi connectivity index (χ4v) is 3.24. The molecule has 2 rings (SSSR count). The molecular weight excluding hydrogens is 266 g/mol. The molecular formula is C16H23N3S. The lowest BCUT2D eigenvalue weighted by molar-refractivity contribution is 0.527. The van der Waals surface area contributed by atoms with Crippen LogP contribution in [0, 0.1) is 0 Å². The van der Waals surface area contributed by atoms with Crippen molar-refractivity contribution in [1.82, 2.24) is 15.1 Å². The van der Waals surface area contributed by atoms with Crippen LogP contribution in [0.5, 0.6) is 0 Å². The Bertz CT molecular complexity index is 495. The van der Waals surface area contributed by atoms with Gasteiger partial charge in [-0.2, -0.15) is 5.10 Å². The van der Waals surface area contributed by atoms with E-state index in [1.54, 1.807) is 0 Å². The van der Waals surface area contributed by atoms with Crippen molar-refractivity contribution in [3.8, 4) is 0 Å². The maximum absolute atomic E-state index is 4.23. The lowest BCUT2D eigenvalue weighted by atomic mass is 10.1. The molecule has 0 fully saturated rings. The normalized spacial score (nSPS) is 12.5. The number of rotatable bonds is 8. The first-order valence-corrected chi connectivity index (χ1v) is 8.16. The highest BCUT2D eigenvalue weighted by molar-refractivity contribution is 7.99. The van der Waals surface area contributed by atoms with Crippen molar-refractivity contribution in [3.05, 3.63) is 48.3 Å². The first-order valence-electron chi connectivity index (χ1n) is 7.17. The highest BCUT2D eigenvalue weighted by Crippen LogP contribution is 2.19. The Balaban J connectivity index is 1.82. The summed E-state index contributed by atoms with van der Waals surface area (Å²) in [6, 6.07) is 13.3. The van der Waals surface area contributed by atoms with Gasteiger partial charge >= 0.3 is 0 Å². The van der Waals surface area contributed by atoms with Crippen LogP contribution in [0.25, 0.3) is 0 Å². The number of hydrogen-bond acceptors (Lipinski definition) is 3. The standard InChI is InChI=1S/C16H23N3S/c1-3-17-14(9-10-15-11-12-18-19(15)2)13-20-16-7-5-4-6-8-16/h4-8,11-12,14,17H,3,9-10,13H2,1-2H3. The average Bonchev–Trinajstić information content (AvgIpc) is 2.88. The van der Waals surface area contributed by atoms with E-state index < -0.39 is 0 Å². The van der Waals surface area contributed by atoms with Crippen LogP contribution in [-0.2, 0) is 13.5 Å². The summed E-state index contributed by atoms with van der Waals surface area (Å²) >= 11 is 1.92. The predicted octanol–water partition coefficient (Wildman–Crippen LogP) is 3.12. The van der Waals surface area contributed by atoms with Crippen molar-refractivity contribution < 1.29 is 0 Å². The van der Waals surface area contributed by atoms with Gasteiger partial charge in [-0.05, 0) is 37.6 Å². The molecule has 20 heavy (non-hydrogen) atoms. The molecule has 0 aliphatic rings. The van der Waals surface area contributed by atoms with Gasteiger partial charge in [-0.1, -0.05) is 25.1 Å². The average molecular weight is 289 g/mol. The van der Waals surface area contributed by atoms with Crippen molar-refractivity contribution >= 4 is 11.8 Å². The van der Waals surface area contributed by atoms with E-state index in [0.29, 0.717) is 6.04 Å². The zero-order valence-electron chi connectivity index (χ0n) is 12.2. The summed E-state index contributed by atoms with van der Waals surface area (Å²) in [5.41, 5.74) is 1.30. The molecule has 0 aliphatic carbocycles. The van der Waals surface area contributed by atoms with Crippen LogP contribution in [-0.4, -0.2) is 28.1 Å². The van der Waals surface area contributed by atoms with E-state index in [2.05, 4.69) is 53.7 Å². The Morgan fingerprint density at radius 3 is 2.70 bits per heavy atom. The minimum Gasteiger partial charge on any atom is -0.313 e. The van der Waals surface area contributed by atoms with E-state index >= 15 is 0 Å². The van der Waals surface area contributed by atoms with Gasteiger partial charge in [0.1, 0.15) is 0 Å². The van der Waals surface area contributed by atoms with Crippen LogP contribution >= 0.6 is 11.8 Å². The maximum Gasteiger partial charge on any atom is 0.0492 e. The number of nitrogens with zero attached hydrogens (tertiary/aromatic N) is 2. The van der Waals surface area contributed by atoms with E-state index in [-0.39, 0.29) is 0 Å². The summed E-state index contributed by atoms with van der Waals surface area (Å²) in [5.74, 6) is 1.11. The molecule has 2 aromatic rings. The second-order valence-corrected chi connectivity index (χ2v) is 5.96. The molecule has 108 valence electrons. The molecule has 0 aliphatic heterocycles. The molecule has 1 heterocycles. The number of thioether (sulfide) groups is 1. The highest BCUT2D eigenvalue weighted by Gasteiger charge is 2.09. The maximum atomic E-state index is 4.23. The number of nitrogens with one attached hydrogen (secondary N) is 1. The fourth-order valence-electron chi connectivity index (χ4n) is 2.22. The van der Waals surface area contributed by atoms with Crippen molar-refractivity contribution in [2.45, 2.75) is 30.7 Å². The number of aromatic nitrogens is 2. The first kappa shape index (κ1) is 15.1. The summed E-state index contributed by atoms with van der Waals surface area (Å²) in [6.45, 7) is 3.19. The quantitative estimate of drug-likeness (QED) is 0.757. The Morgan fingerprint density at radius 2 is 2.05 bits per heavy atom. The van der Waals surface area contributed by atoms with E-state index in [0.717, 1.165) is 25.1 Å². The van der Waals surface area contributed by atoms with Crippen LogP contribution in [0.2, 0.25) is 0 Å². The van der Waals surface area contributed by atoms with Gasteiger partial charge in [0.2, 0.25) is 0 Å². The number of benzene rings is 1. The molecule has 1 N–H and O–H groups in total. The van der Waals surface area contributed by atoms with Gasteiger partial charge in [0.25, 0.3) is 0 Å². The Morgan fingerprint density at radius 1 is 1.25 bits per heavy atom. The van der Waals surface area contributed by atoms with E-state index in [1.165, 1.54) is 10.6 Å². The second-order valence-electron chi connectivity index (χ2n) is 4.86. The molecule has 3 nitrogen and oxygen atoms in total. The van der Waals surface area contributed by atoms with Gasteiger partial charge in [0.15, 0.2) is 0 Å². The van der Waals surface area contributed by atoms with Crippen molar-refractivity contribution in [1.29, 1.82) is 0 Å². The summed E-state index contributed by atoms with van der Waals surface area (Å²) in [5, 5.41) is 7.81. The molecule has 4 heteroatoms. The topological polar surface area (TPSA) is 29.9 Å². The van der Waals surface area contributed by atoms with Crippen LogP contribution in [0.3, 0.4) is 0 Å². The SMILES string of the molecule is CCNC(CCc1ccnn1C)CSc1ccccc1. The number of aryl methyl sites for hydroxylation is 2. The molecule has 0 saturated heterocycles. The largest absolute Gasteiger partial charge is 0.313 e. The zero-order chi connectivity index (χ0) is 14.2. The van der Waals surface area contributed by atoms with Crippen LogP contribution < -0.4 is 5.32 Å². The van der Waals surface area contributed by atoms with Crippen molar-refractivity contribution in [2.75, 3.05) is 12.3 Å². The third-order valence-electron chi connectivity index (χ3n) is 3.36. The van der Waals surface area contributed by atoms with Crippen LogP contribution in [0.15, 0.2) is 47.5 Å². The summed E-state index contributed by atoms with van der Waals surface area (Å²) in [7, 11) is 2.01. The molecule has 0 amide bonds. The van der Waals surface area contributed by atoms with Crippen LogP contribution in [0.1, 0.15) is 19.0 Å². The van der Waals surface area contributed by atoms with Crippen LogP contribution in [0.4, 0.5) is 0 Å². The third-order valence-corrected chi connectivity index (χ3v) is 4.53. The summed E-state index contributed by atoms with van der Waals surface area (Å²) in [4.78, 5) is 1.34. The first-order chi connectivity index (χ1) is 9.79. The van der Waals surface area contributed by atoms with Gasteiger partial charge in [-0.3, -0.25) is 4.68 Å². The van der Waals surface area contributed by atoms with Crippen molar-refractivity contribution in [2.24, 2.45) is 7.05 Å². The molecule has 0 radical (unpaired) electrons. The van der Waals surface area contributed by atoms with Gasteiger partial charge < -0.3 is 5.32 Å². The smallest absolute Gasteiger partial charge is 0.0492 e. The zero-order valence-corrected chi connectivity index (χ0v) is 13.1. The minimum atomic E-state index is 0.542. The van der Waals surface area contributed by atoms with Gasteiger partial charge in [0.05, 0.1) is 0 Å².